The van der Waals surface area contributed by atoms with E-state index >= 15 is 0 Å². The Balaban J connectivity index is 1.83. The minimum absolute atomic E-state index is 0.235. The molecule has 3 rings (SSSR count). The molecule has 2 atom stereocenters. The van der Waals surface area contributed by atoms with Gasteiger partial charge >= 0.3 is 0 Å². The maximum Gasteiger partial charge on any atom is 0.128 e. The van der Waals surface area contributed by atoms with Crippen LogP contribution in [0.15, 0.2) is 18.2 Å². The normalized spacial score (nSPS) is 25.6. The van der Waals surface area contributed by atoms with E-state index in [0.29, 0.717) is 18.2 Å². The molecule has 116 valence electrons. The van der Waals surface area contributed by atoms with Gasteiger partial charge in [-0.3, -0.25) is 9.80 Å². The molecule has 1 aromatic rings. The van der Waals surface area contributed by atoms with Crippen molar-refractivity contribution in [3.8, 4) is 0 Å². The molecule has 2 aliphatic rings. The first-order valence-electron chi connectivity index (χ1n) is 7.82. The van der Waals surface area contributed by atoms with Crippen LogP contribution < -0.4 is 5.73 Å². The molecule has 2 heterocycles. The molecule has 2 aliphatic heterocycles. The summed E-state index contributed by atoms with van der Waals surface area (Å²) >= 11 is 0. The van der Waals surface area contributed by atoms with Gasteiger partial charge in [0, 0.05) is 31.2 Å². The zero-order chi connectivity index (χ0) is 14.8. The van der Waals surface area contributed by atoms with Gasteiger partial charge in [0.05, 0.1) is 6.04 Å². The average Bonchev–Trinajstić information content (AvgIpc) is 2.81. The van der Waals surface area contributed by atoms with Crippen molar-refractivity contribution in [2.24, 2.45) is 5.73 Å². The van der Waals surface area contributed by atoms with Crippen LogP contribution in [-0.4, -0.2) is 48.6 Å². The summed E-state index contributed by atoms with van der Waals surface area (Å²) in [5.74, 6) is -0.762. The van der Waals surface area contributed by atoms with E-state index in [2.05, 4.69) is 9.80 Å². The monoisotopic (exact) mass is 295 g/mol. The highest BCUT2D eigenvalue weighted by Crippen LogP contribution is 2.28. The van der Waals surface area contributed by atoms with E-state index in [1.54, 1.807) is 0 Å². The Bertz CT molecular complexity index is 494. The topological polar surface area (TPSA) is 32.5 Å². The average molecular weight is 295 g/mol. The Hall–Kier alpha value is -1.04. The van der Waals surface area contributed by atoms with Crippen LogP contribution in [0.25, 0.3) is 0 Å². The van der Waals surface area contributed by atoms with Gasteiger partial charge < -0.3 is 5.73 Å². The van der Waals surface area contributed by atoms with Crippen LogP contribution in [0.5, 0.6) is 0 Å². The van der Waals surface area contributed by atoms with Gasteiger partial charge in [0.15, 0.2) is 0 Å². The quantitative estimate of drug-likeness (QED) is 0.927. The van der Waals surface area contributed by atoms with Crippen LogP contribution in [-0.2, 0) is 0 Å². The highest BCUT2D eigenvalue weighted by molar-refractivity contribution is 5.23. The Morgan fingerprint density at radius 3 is 2.81 bits per heavy atom. The smallest absolute Gasteiger partial charge is 0.128 e. The number of halogens is 2. The molecule has 3 nitrogen and oxygen atoms in total. The maximum absolute atomic E-state index is 14.1. The van der Waals surface area contributed by atoms with Crippen molar-refractivity contribution in [2.75, 3.05) is 32.7 Å². The van der Waals surface area contributed by atoms with Crippen LogP contribution in [0.4, 0.5) is 8.78 Å². The molecule has 2 N–H and O–H groups in total. The summed E-state index contributed by atoms with van der Waals surface area (Å²) in [6.45, 7) is 4.37. The van der Waals surface area contributed by atoms with Crippen LogP contribution >= 0.6 is 0 Å². The zero-order valence-electron chi connectivity index (χ0n) is 12.3. The van der Waals surface area contributed by atoms with Crippen molar-refractivity contribution in [2.45, 2.75) is 31.3 Å². The van der Waals surface area contributed by atoms with Crippen molar-refractivity contribution in [1.29, 1.82) is 0 Å². The molecule has 5 heteroatoms. The van der Waals surface area contributed by atoms with E-state index in [1.165, 1.54) is 31.5 Å². The van der Waals surface area contributed by atoms with Crippen LogP contribution in [0.3, 0.4) is 0 Å². The molecule has 0 spiro atoms. The molecule has 1 aromatic carbocycles. The van der Waals surface area contributed by atoms with Gasteiger partial charge in [-0.15, -0.1) is 0 Å². The van der Waals surface area contributed by atoms with Crippen LogP contribution in [0.1, 0.15) is 30.9 Å². The Morgan fingerprint density at radius 2 is 2.00 bits per heavy atom. The number of hydrogen-bond acceptors (Lipinski definition) is 3. The van der Waals surface area contributed by atoms with Crippen molar-refractivity contribution in [1.82, 2.24) is 9.80 Å². The number of hydrogen-bond donors (Lipinski definition) is 1. The number of nitrogens with two attached hydrogens (primary N) is 1. The standard InChI is InChI=1S/C16H23F2N3/c17-12-4-5-15(18)14(9-12)16(10-19)21-8-2-7-20-6-1-3-13(20)11-21/h4-5,9,13,16H,1-3,6-8,10-11,19H2. The first-order valence-corrected chi connectivity index (χ1v) is 7.82. The molecule has 2 fully saturated rings. The SMILES string of the molecule is NCC(c1cc(F)ccc1F)N1CCCN2CCCC2C1. The molecule has 0 saturated carbocycles. The summed E-state index contributed by atoms with van der Waals surface area (Å²) in [6.07, 6.45) is 3.49. The van der Waals surface area contributed by atoms with Crippen LogP contribution in [0, 0.1) is 11.6 Å². The summed E-state index contributed by atoms with van der Waals surface area (Å²) < 4.78 is 27.5. The first-order chi connectivity index (χ1) is 10.2. The van der Waals surface area contributed by atoms with Crippen molar-refractivity contribution in [3.63, 3.8) is 0 Å². The molecule has 0 amide bonds. The van der Waals surface area contributed by atoms with E-state index in [9.17, 15) is 8.78 Å². The fourth-order valence-corrected chi connectivity index (χ4v) is 3.76. The molecular formula is C16H23F2N3. The number of fused-ring (bicyclic) bond motifs is 1. The lowest BCUT2D eigenvalue weighted by atomic mass is 10.0. The first kappa shape index (κ1) is 14.9. The Morgan fingerprint density at radius 1 is 1.19 bits per heavy atom. The van der Waals surface area contributed by atoms with Crippen LogP contribution in [0.2, 0.25) is 0 Å². The van der Waals surface area contributed by atoms with Gasteiger partial charge in [0.1, 0.15) is 11.6 Å². The predicted molar refractivity (Wildman–Crippen MR) is 78.9 cm³/mol. The largest absolute Gasteiger partial charge is 0.329 e. The minimum Gasteiger partial charge on any atom is -0.329 e. The van der Waals surface area contributed by atoms with E-state index in [0.717, 1.165) is 32.1 Å². The van der Waals surface area contributed by atoms with Crippen molar-refractivity contribution < 1.29 is 8.78 Å². The number of benzene rings is 1. The van der Waals surface area contributed by atoms with Gasteiger partial charge in [-0.2, -0.15) is 0 Å². The second-order valence-electron chi connectivity index (χ2n) is 6.10. The van der Waals surface area contributed by atoms with Gasteiger partial charge in [0.2, 0.25) is 0 Å². The summed E-state index contributed by atoms with van der Waals surface area (Å²) in [5, 5.41) is 0. The van der Waals surface area contributed by atoms with Gasteiger partial charge in [-0.25, -0.2) is 8.78 Å². The highest BCUT2D eigenvalue weighted by Gasteiger charge is 2.32. The summed E-state index contributed by atoms with van der Waals surface area (Å²) in [4.78, 5) is 4.77. The third-order valence-corrected chi connectivity index (χ3v) is 4.82. The lowest BCUT2D eigenvalue weighted by Gasteiger charge is -2.32. The molecule has 21 heavy (non-hydrogen) atoms. The van der Waals surface area contributed by atoms with E-state index < -0.39 is 5.82 Å². The highest BCUT2D eigenvalue weighted by atomic mass is 19.1. The van der Waals surface area contributed by atoms with Gasteiger partial charge in [-0.05, 0) is 50.6 Å². The third-order valence-electron chi connectivity index (χ3n) is 4.82. The van der Waals surface area contributed by atoms with Gasteiger partial charge in [-0.1, -0.05) is 0 Å². The number of nitrogens with zero attached hydrogens (tertiary/aromatic N) is 2. The summed E-state index contributed by atoms with van der Waals surface area (Å²) in [7, 11) is 0. The second-order valence-corrected chi connectivity index (χ2v) is 6.10. The second kappa shape index (κ2) is 6.38. The molecular weight excluding hydrogens is 272 g/mol. The summed E-state index contributed by atoms with van der Waals surface area (Å²) in [6, 6.07) is 3.96. The lowest BCUT2D eigenvalue weighted by Crippen LogP contribution is -2.41. The summed E-state index contributed by atoms with van der Waals surface area (Å²) in [5.41, 5.74) is 6.29. The maximum atomic E-state index is 14.1. The molecule has 0 aromatic heterocycles. The lowest BCUT2D eigenvalue weighted by molar-refractivity contribution is 0.173. The molecule has 0 bridgehead atoms. The van der Waals surface area contributed by atoms with E-state index in [-0.39, 0.29) is 11.9 Å². The third kappa shape index (κ3) is 3.10. The molecule has 0 aliphatic carbocycles. The van der Waals surface area contributed by atoms with Crippen molar-refractivity contribution in [3.05, 3.63) is 35.4 Å². The fraction of sp³-hybridized carbons (Fsp3) is 0.625. The zero-order valence-corrected chi connectivity index (χ0v) is 12.3. The minimum atomic E-state index is -0.401. The Labute approximate surface area is 124 Å². The number of rotatable bonds is 3. The molecule has 2 saturated heterocycles. The van der Waals surface area contributed by atoms with E-state index in [4.69, 9.17) is 5.73 Å². The molecule has 2 unspecified atom stereocenters. The van der Waals surface area contributed by atoms with E-state index in [1.807, 2.05) is 0 Å². The van der Waals surface area contributed by atoms with Crippen molar-refractivity contribution >= 4 is 0 Å². The Kier molecular flexibility index (Phi) is 4.52. The molecule has 0 radical (unpaired) electrons. The predicted octanol–water partition coefficient (Wildman–Crippen LogP) is 2.13. The van der Waals surface area contributed by atoms with Gasteiger partial charge in [0.25, 0.3) is 0 Å². The fourth-order valence-electron chi connectivity index (χ4n) is 3.76.